The Labute approximate surface area is 177 Å². The second-order valence-electron chi connectivity index (χ2n) is 6.58. The number of halogens is 1. The Kier molecular flexibility index (Phi) is 5.47. The van der Waals surface area contributed by atoms with Crippen molar-refractivity contribution in [1.29, 1.82) is 0 Å². The fraction of sp³-hybridized carbons (Fsp3) is 0.136. The lowest BCUT2D eigenvalue weighted by Crippen LogP contribution is -2.30. The number of nitrogens with one attached hydrogen (secondary N) is 1. The van der Waals surface area contributed by atoms with Gasteiger partial charge in [-0.25, -0.2) is 9.97 Å². The summed E-state index contributed by atoms with van der Waals surface area (Å²) < 4.78 is 5.68. The van der Waals surface area contributed by atoms with E-state index in [9.17, 15) is 4.79 Å². The average Bonchev–Trinajstić information content (AvgIpc) is 3.13. The molecule has 1 amide bonds. The Morgan fingerprint density at radius 2 is 2.03 bits per heavy atom. The third-order valence-electron chi connectivity index (χ3n) is 4.38. The van der Waals surface area contributed by atoms with E-state index in [0.717, 1.165) is 32.2 Å². The van der Waals surface area contributed by atoms with Gasteiger partial charge in [0.15, 0.2) is 6.10 Å². The minimum atomic E-state index is -0.664. The first kappa shape index (κ1) is 19.4. The van der Waals surface area contributed by atoms with Gasteiger partial charge in [-0.3, -0.25) is 4.79 Å². The van der Waals surface area contributed by atoms with Gasteiger partial charge >= 0.3 is 0 Å². The Balaban J connectivity index is 1.48. The van der Waals surface area contributed by atoms with Gasteiger partial charge in [0.1, 0.15) is 21.1 Å². The van der Waals surface area contributed by atoms with Crippen LogP contribution in [0.2, 0.25) is 5.02 Å². The topological polar surface area (TPSA) is 64.1 Å². The molecule has 2 heterocycles. The number of nitrogens with zero attached hydrogens (tertiary/aromatic N) is 2. The van der Waals surface area contributed by atoms with Gasteiger partial charge < -0.3 is 10.1 Å². The summed E-state index contributed by atoms with van der Waals surface area (Å²) in [5.41, 5.74) is 3.55. The number of pyridine rings is 1. The standard InChI is InChI=1S/C22H18ClN3O2S/c1-13-11-15(21-26-19-7-4-10-24-22(19)29-21)8-9-18(13)25-20(27)14(2)28-17-6-3-5-16(23)12-17/h3-12,14H,1-2H3,(H,25,27). The van der Waals surface area contributed by atoms with Crippen LogP contribution in [0.25, 0.3) is 20.9 Å². The minimum Gasteiger partial charge on any atom is -0.481 e. The molecule has 0 aliphatic carbocycles. The predicted molar refractivity (Wildman–Crippen MR) is 118 cm³/mol. The Morgan fingerprint density at radius 1 is 1.17 bits per heavy atom. The Hall–Kier alpha value is -2.96. The van der Waals surface area contributed by atoms with Crippen LogP contribution in [-0.4, -0.2) is 22.0 Å². The molecule has 0 bridgehead atoms. The molecule has 1 atom stereocenters. The van der Waals surface area contributed by atoms with Gasteiger partial charge in [0.25, 0.3) is 5.91 Å². The van der Waals surface area contributed by atoms with Crippen LogP contribution in [0.1, 0.15) is 12.5 Å². The van der Waals surface area contributed by atoms with Crippen molar-refractivity contribution in [2.45, 2.75) is 20.0 Å². The number of benzene rings is 2. The van der Waals surface area contributed by atoms with E-state index in [4.69, 9.17) is 16.3 Å². The van der Waals surface area contributed by atoms with Crippen LogP contribution >= 0.6 is 22.9 Å². The SMILES string of the molecule is Cc1cc(-c2nc3cccnc3s2)ccc1NC(=O)C(C)Oc1cccc(Cl)c1. The number of thiazole rings is 1. The van der Waals surface area contributed by atoms with Crippen LogP contribution in [0.3, 0.4) is 0 Å². The third kappa shape index (κ3) is 4.39. The number of ether oxygens (including phenoxy) is 1. The van der Waals surface area contributed by atoms with Crippen LogP contribution < -0.4 is 10.1 Å². The maximum atomic E-state index is 12.5. The fourth-order valence-corrected chi connectivity index (χ4v) is 3.95. The number of amides is 1. The van der Waals surface area contributed by atoms with Gasteiger partial charge in [-0.05, 0) is 67.9 Å². The number of carbonyl (C=O) groups is 1. The number of fused-ring (bicyclic) bond motifs is 1. The first-order valence-corrected chi connectivity index (χ1v) is 10.2. The molecule has 0 aliphatic rings. The second kappa shape index (κ2) is 8.19. The molecular weight excluding hydrogens is 406 g/mol. The van der Waals surface area contributed by atoms with Crippen LogP contribution in [0.5, 0.6) is 5.75 Å². The molecule has 0 aliphatic heterocycles. The molecule has 7 heteroatoms. The first-order chi connectivity index (χ1) is 14.0. The summed E-state index contributed by atoms with van der Waals surface area (Å²) in [6, 6.07) is 16.6. The quantitative estimate of drug-likeness (QED) is 0.445. The highest BCUT2D eigenvalue weighted by molar-refractivity contribution is 7.21. The van der Waals surface area contributed by atoms with Crippen molar-refractivity contribution in [1.82, 2.24) is 9.97 Å². The summed E-state index contributed by atoms with van der Waals surface area (Å²) in [6.07, 6.45) is 1.10. The molecule has 0 radical (unpaired) electrons. The molecule has 0 saturated heterocycles. The minimum absolute atomic E-state index is 0.231. The Bertz CT molecular complexity index is 1160. The average molecular weight is 424 g/mol. The van der Waals surface area contributed by atoms with E-state index in [1.54, 1.807) is 48.7 Å². The number of carbonyl (C=O) groups excluding carboxylic acids is 1. The molecule has 5 nitrogen and oxygen atoms in total. The van der Waals surface area contributed by atoms with Crippen molar-refractivity contribution in [3.8, 4) is 16.3 Å². The zero-order chi connectivity index (χ0) is 20.4. The van der Waals surface area contributed by atoms with Crippen molar-refractivity contribution in [3.63, 3.8) is 0 Å². The lowest BCUT2D eigenvalue weighted by molar-refractivity contribution is -0.122. The highest BCUT2D eigenvalue weighted by Crippen LogP contribution is 2.31. The molecule has 0 spiro atoms. The van der Waals surface area contributed by atoms with E-state index in [-0.39, 0.29) is 5.91 Å². The maximum absolute atomic E-state index is 12.5. The summed E-state index contributed by atoms with van der Waals surface area (Å²) in [6.45, 7) is 3.65. The molecule has 4 rings (SSSR count). The molecule has 1 unspecified atom stereocenters. The number of anilines is 1. The number of hydrogen-bond donors (Lipinski definition) is 1. The molecule has 146 valence electrons. The van der Waals surface area contributed by atoms with Gasteiger partial charge in [-0.2, -0.15) is 0 Å². The summed E-state index contributed by atoms with van der Waals surface area (Å²) in [5, 5.41) is 4.39. The lowest BCUT2D eigenvalue weighted by Gasteiger charge is -2.16. The molecule has 2 aromatic heterocycles. The van der Waals surface area contributed by atoms with Gasteiger partial charge in [0.05, 0.1) is 0 Å². The zero-order valence-electron chi connectivity index (χ0n) is 15.8. The zero-order valence-corrected chi connectivity index (χ0v) is 17.4. The van der Waals surface area contributed by atoms with E-state index in [1.165, 1.54) is 0 Å². The predicted octanol–water partition coefficient (Wildman–Crippen LogP) is 5.73. The molecule has 29 heavy (non-hydrogen) atoms. The molecule has 0 saturated carbocycles. The van der Waals surface area contributed by atoms with Crippen molar-refractivity contribution in [2.75, 3.05) is 5.32 Å². The second-order valence-corrected chi connectivity index (χ2v) is 8.00. The monoisotopic (exact) mass is 423 g/mol. The number of rotatable bonds is 5. The van der Waals surface area contributed by atoms with Crippen LogP contribution in [0.15, 0.2) is 60.8 Å². The van der Waals surface area contributed by atoms with Gasteiger partial charge in [0.2, 0.25) is 0 Å². The first-order valence-electron chi connectivity index (χ1n) is 9.05. The largest absolute Gasteiger partial charge is 0.481 e. The van der Waals surface area contributed by atoms with Gasteiger partial charge in [0, 0.05) is 22.5 Å². The van der Waals surface area contributed by atoms with Crippen LogP contribution in [0, 0.1) is 6.92 Å². The van der Waals surface area contributed by atoms with Crippen molar-refractivity contribution in [3.05, 3.63) is 71.4 Å². The third-order valence-corrected chi connectivity index (χ3v) is 5.64. The van der Waals surface area contributed by atoms with Crippen molar-refractivity contribution < 1.29 is 9.53 Å². The van der Waals surface area contributed by atoms with Crippen molar-refractivity contribution >= 4 is 44.9 Å². The summed E-state index contributed by atoms with van der Waals surface area (Å²) in [7, 11) is 0. The smallest absolute Gasteiger partial charge is 0.265 e. The van der Waals surface area contributed by atoms with E-state index in [2.05, 4.69) is 15.3 Å². The molecule has 2 aromatic carbocycles. The van der Waals surface area contributed by atoms with E-state index in [0.29, 0.717) is 10.8 Å². The summed E-state index contributed by atoms with van der Waals surface area (Å²) >= 11 is 7.51. The van der Waals surface area contributed by atoms with Gasteiger partial charge in [-0.15, -0.1) is 0 Å². The molecule has 0 fully saturated rings. The van der Waals surface area contributed by atoms with E-state index >= 15 is 0 Å². The Morgan fingerprint density at radius 3 is 2.79 bits per heavy atom. The molecule has 4 aromatic rings. The van der Waals surface area contributed by atoms with Gasteiger partial charge in [-0.1, -0.05) is 29.0 Å². The summed E-state index contributed by atoms with van der Waals surface area (Å²) in [5.74, 6) is 0.321. The molecule has 1 N–H and O–H groups in total. The summed E-state index contributed by atoms with van der Waals surface area (Å²) in [4.78, 5) is 22.4. The van der Waals surface area contributed by atoms with Crippen LogP contribution in [0.4, 0.5) is 5.69 Å². The fourth-order valence-electron chi connectivity index (χ4n) is 2.86. The maximum Gasteiger partial charge on any atom is 0.265 e. The van der Waals surface area contributed by atoms with E-state index < -0.39 is 6.10 Å². The highest BCUT2D eigenvalue weighted by atomic mass is 35.5. The number of hydrogen-bond acceptors (Lipinski definition) is 5. The number of aryl methyl sites for hydroxylation is 1. The number of aromatic nitrogens is 2. The normalized spacial score (nSPS) is 12.0. The lowest BCUT2D eigenvalue weighted by atomic mass is 10.1. The van der Waals surface area contributed by atoms with Crippen molar-refractivity contribution in [2.24, 2.45) is 0 Å². The van der Waals surface area contributed by atoms with Crippen LogP contribution in [-0.2, 0) is 4.79 Å². The van der Waals surface area contributed by atoms with E-state index in [1.807, 2.05) is 37.3 Å². The molecular formula is C22H18ClN3O2S. The highest BCUT2D eigenvalue weighted by Gasteiger charge is 2.16.